The number of hydrogen-bond acceptors (Lipinski definition) is 5. The van der Waals surface area contributed by atoms with Gasteiger partial charge in [-0.15, -0.1) is 0 Å². The number of hydrogen-bond donors (Lipinski definition) is 0. The molecule has 1 aromatic heterocycles. The molecule has 0 radical (unpaired) electrons. The molecule has 3 rings (SSSR count). The number of amides is 1. The molecule has 2 aromatic rings. The molecule has 48 heavy (non-hydrogen) atoms. The Morgan fingerprint density at radius 1 is 1.10 bits per heavy atom. The van der Waals surface area contributed by atoms with E-state index in [0.717, 1.165) is 25.7 Å². The molecule has 1 aromatic carbocycles. The van der Waals surface area contributed by atoms with Crippen molar-refractivity contribution in [1.82, 2.24) is 14.5 Å². The van der Waals surface area contributed by atoms with E-state index < -0.39 is 11.9 Å². The van der Waals surface area contributed by atoms with Gasteiger partial charge in [0.15, 0.2) is 0 Å². The van der Waals surface area contributed by atoms with Crippen molar-refractivity contribution < 1.29 is 18.7 Å². The van der Waals surface area contributed by atoms with Gasteiger partial charge in [0, 0.05) is 18.7 Å². The van der Waals surface area contributed by atoms with Gasteiger partial charge in [0.05, 0.1) is 48.0 Å². The number of fused-ring (bicyclic) bond motifs is 1. The number of halogens is 2. The number of carbonyl (C=O) groups is 1. The number of rotatable bonds is 14. The van der Waals surface area contributed by atoms with E-state index >= 15 is 0 Å². The van der Waals surface area contributed by atoms with Crippen LogP contribution in [0.3, 0.4) is 0 Å². The molecule has 0 saturated carbocycles. The van der Waals surface area contributed by atoms with Gasteiger partial charge in [-0.3, -0.25) is 14.2 Å². The first-order valence-electron chi connectivity index (χ1n) is 16.7. The zero-order valence-corrected chi connectivity index (χ0v) is 30.4. The highest BCUT2D eigenvalue weighted by atomic mass is 35.5. The lowest BCUT2D eigenvalue weighted by atomic mass is 10.0. The van der Waals surface area contributed by atoms with Crippen LogP contribution in [0.4, 0.5) is 4.39 Å². The summed E-state index contributed by atoms with van der Waals surface area (Å²) in [7, 11) is 3.05. The highest BCUT2D eigenvalue weighted by molar-refractivity contribution is 6.31. The summed E-state index contributed by atoms with van der Waals surface area (Å²) in [5.74, 6) is -0.0449. The maximum absolute atomic E-state index is 14.5. The normalized spacial score (nSPS) is 13.8. The second-order valence-electron chi connectivity index (χ2n) is 10.0. The maximum atomic E-state index is 14.5. The highest BCUT2D eigenvalue weighted by Gasteiger charge is 2.32. The third-order valence-electron chi connectivity index (χ3n) is 7.26. The predicted octanol–water partition coefficient (Wildman–Crippen LogP) is 10.8. The van der Waals surface area contributed by atoms with E-state index in [1.807, 2.05) is 40.7 Å². The molecule has 1 aliphatic carbocycles. The zero-order chi connectivity index (χ0) is 35.4. The minimum absolute atomic E-state index is 0. The molecule has 0 aliphatic heterocycles. The Hall–Kier alpha value is -3.91. The van der Waals surface area contributed by atoms with Gasteiger partial charge in [-0.2, -0.15) is 0 Å². The number of carbonyl (C=O) groups excluding carboxylic acids is 1. The fourth-order valence-corrected chi connectivity index (χ4v) is 5.23. The van der Waals surface area contributed by atoms with Crippen molar-refractivity contribution in [2.24, 2.45) is 0 Å². The monoisotopic (exact) mass is 685 g/mol. The predicted molar refractivity (Wildman–Crippen MR) is 201 cm³/mol. The van der Waals surface area contributed by atoms with Gasteiger partial charge in [-0.05, 0) is 62.3 Å². The summed E-state index contributed by atoms with van der Waals surface area (Å²) in [4.78, 5) is 35.3. The van der Waals surface area contributed by atoms with Crippen LogP contribution in [0.5, 0.6) is 0 Å². The van der Waals surface area contributed by atoms with Crippen LogP contribution in [0.15, 0.2) is 94.0 Å². The summed E-state index contributed by atoms with van der Waals surface area (Å²) in [5, 5.41) is 0.402. The third-order valence-corrected chi connectivity index (χ3v) is 7.59. The van der Waals surface area contributed by atoms with Crippen molar-refractivity contribution in [3.63, 3.8) is 0 Å². The van der Waals surface area contributed by atoms with Crippen LogP contribution in [-0.4, -0.2) is 41.1 Å². The number of benzene rings is 1. The molecule has 0 fully saturated rings. The second kappa shape index (κ2) is 24.3. The van der Waals surface area contributed by atoms with Crippen LogP contribution in [0.25, 0.3) is 16.6 Å². The molecular formula is C39H57ClFN3O4. The van der Waals surface area contributed by atoms with Gasteiger partial charge in [0.1, 0.15) is 17.4 Å². The molecule has 1 unspecified atom stereocenters. The summed E-state index contributed by atoms with van der Waals surface area (Å²) in [6.45, 7) is 14.3. The lowest BCUT2D eigenvalue weighted by Crippen LogP contribution is -2.40. The van der Waals surface area contributed by atoms with Crippen LogP contribution >= 0.6 is 11.6 Å². The summed E-state index contributed by atoms with van der Waals surface area (Å²) in [5.41, 5.74) is 1.07. The van der Waals surface area contributed by atoms with Gasteiger partial charge in [-0.1, -0.05) is 98.0 Å². The van der Waals surface area contributed by atoms with E-state index in [-0.39, 0.29) is 30.3 Å². The number of nitrogens with zero attached hydrogens (tertiary/aromatic N) is 3. The summed E-state index contributed by atoms with van der Waals surface area (Å²) < 4.78 is 26.6. The zero-order valence-electron chi connectivity index (χ0n) is 29.6. The number of allylic oxidation sites excluding steroid dienone is 9. The first kappa shape index (κ1) is 44.1. The van der Waals surface area contributed by atoms with E-state index in [9.17, 15) is 14.0 Å². The second-order valence-corrected chi connectivity index (χ2v) is 10.4. The SMILES string of the molecule is C.CC.CC.C\C=C(OC)/C(=C\C=C\OC)C(=O)N(CCCCCC)C(CC)c1nc2ccccc2c(=O)n1C1=CC=C(F)C(Cl)=CC1. The number of para-hydroxylation sites is 1. The topological polar surface area (TPSA) is 73.7 Å². The average Bonchev–Trinajstić information content (AvgIpc) is 3.27. The molecule has 1 atom stereocenters. The maximum Gasteiger partial charge on any atom is 0.265 e. The van der Waals surface area contributed by atoms with E-state index in [0.29, 0.717) is 46.7 Å². The van der Waals surface area contributed by atoms with Crippen molar-refractivity contribution in [3.05, 3.63) is 105 Å². The lowest BCUT2D eigenvalue weighted by molar-refractivity contribution is -0.130. The number of methoxy groups -OCH3 is 2. The van der Waals surface area contributed by atoms with Crippen molar-refractivity contribution >= 4 is 34.1 Å². The van der Waals surface area contributed by atoms with Crippen LogP contribution in [0.2, 0.25) is 0 Å². The van der Waals surface area contributed by atoms with Crippen LogP contribution in [0.1, 0.15) is 106 Å². The summed E-state index contributed by atoms with van der Waals surface area (Å²) in [6.07, 6.45) is 15.3. The van der Waals surface area contributed by atoms with Gasteiger partial charge in [-0.25, -0.2) is 9.37 Å². The first-order valence-corrected chi connectivity index (χ1v) is 17.1. The summed E-state index contributed by atoms with van der Waals surface area (Å²) >= 11 is 6.10. The molecular weight excluding hydrogens is 629 g/mol. The molecule has 0 spiro atoms. The first-order chi connectivity index (χ1) is 22.8. The highest BCUT2D eigenvalue weighted by Crippen LogP contribution is 2.31. The lowest BCUT2D eigenvalue weighted by Gasteiger charge is -2.33. The van der Waals surface area contributed by atoms with Gasteiger partial charge >= 0.3 is 0 Å². The van der Waals surface area contributed by atoms with Crippen molar-refractivity contribution in [3.8, 4) is 0 Å². The van der Waals surface area contributed by atoms with Crippen molar-refractivity contribution in [2.45, 2.75) is 100 Å². The van der Waals surface area contributed by atoms with Crippen LogP contribution in [-0.2, 0) is 14.3 Å². The quantitative estimate of drug-likeness (QED) is 0.0856. The van der Waals surface area contributed by atoms with Gasteiger partial charge in [0.2, 0.25) is 0 Å². The number of ether oxygens (including phenoxy) is 2. The van der Waals surface area contributed by atoms with Crippen LogP contribution < -0.4 is 5.56 Å². The third kappa shape index (κ3) is 11.7. The van der Waals surface area contributed by atoms with E-state index in [2.05, 4.69) is 6.92 Å². The standard InChI is InChI=1S/C34H41ClFN3O4.2C2H6.CH4/c1-6-9-10-13-22-38(33(40)26(16-14-23-42-4)31(8-3)43-5)30(7-2)32-37-29-17-12-11-15-25(29)34(41)39(32)24-18-20-27(35)28(36)21-19-24;2*1-2;/h8,11-12,14-17,19-21,23,30H,6-7,9-10,13,18,22H2,1-5H3;2*1-2H3;1H4/b23-14+,26-16+,31-8+;;;. The minimum atomic E-state index is -0.589. The Morgan fingerprint density at radius 3 is 2.40 bits per heavy atom. The van der Waals surface area contributed by atoms with Crippen molar-refractivity contribution in [2.75, 3.05) is 20.8 Å². The Labute approximate surface area is 293 Å². The number of unbranched alkanes of at least 4 members (excludes halogenated alkanes) is 3. The van der Waals surface area contributed by atoms with E-state index in [1.54, 1.807) is 54.3 Å². The largest absolute Gasteiger partial charge is 0.504 e. The Bertz CT molecular complexity index is 1540. The Morgan fingerprint density at radius 2 is 1.79 bits per heavy atom. The smallest absolute Gasteiger partial charge is 0.265 e. The fraction of sp³-hybridized carbons (Fsp3) is 0.462. The molecule has 7 nitrogen and oxygen atoms in total. The molecule has 0 bridgehead atoms. The Balaban J connectivity index is 0.00000425. The molecule has 266 valence electrons. The minimum Gasteiger partial charge on any atom is -0.504 e. The fourth-order valence-electron chi connectivity index (χ4n) is 5.09. The molecule has 1 amide bonds. The van der Waals surface area contributed by atoms with Crippen LogP contribution in [0, 0.1) is 0 Å². The molecule has 9 heteroatoms. The van der Waals surface area contributed by atoms with E-state index in [1.165, 1.54) is 37.2 Å². The van der Waals surface area contributed by atoms with E-state index in [4.69, 9.17) is 26.1 Å². The molecule has 1 aliphatic rings. The Kier molecular flexibility index (Phi) is 22.3. The van der Waals surface area contributed by atoms with Gasteiger partial charge in [0.25, 0.3) is 11.5 Å². The molecule has 1 heterocycles. The molecule has 0 N–H and O–H groups in total. The summed E-state index contributed by atoms with van der Waals surface area (Å²) in [6, 6.07) is 6.52. The molecule has 0 saturated heterocycles. The number of aromatic nitrogens is 2. The van der Waals surface area contributed by atoms with Gasteiger partial charge < -0.3 is 14.4 Å². The van der Waals surface area contributed by atoms with Crippen molar-refractivity contribution in [1.29, 1.82) is 0 Å². The average molecular weight is 686 g/mol.